The average molecular weight is 842 g/mol. The third-order valence-corrected chi connectivity index (χ3v) is 10.5. The number of unbranched alkanes of at least 4 members (excludes halogenated alkanes) is 19. The summed E-state index contributed by atoms with van der Waals surface area (Å²) in [6.07, 6.45) is 31.9. The molecule has 0 aliphatic carbocycles. The highest BCUT2D eigenvalue weighted by molar-refractivity contribution is 5.69. The molecule has 2 atom stereocenters. The van der Waals surface area contributed by atoms with Crippen molar-refractivity contribution in [2.24, 2.45) is 5.92 Å². The first-order valence-electron chi connectivity index (χ1n) is 24.1. The van der Waals surface area contributed by atoms with Crippen LogP contribution in [0.25, 0.3) is 0 Å². The van der Waals surface area contributed by atoms with Gasteiger partial charge < -0.3 is 33.3 Å². The molecule has 0 bridgehead atoms. The second kappa shape index (κ2) is 46.9. The number of carbonyl (C=O) groups is 3. The van der Waals surface area contributed by atoms with Gasteiger partial charge in [-0.05, 0) is 64.5 Å². The van der Waals surface area contributed by atoms with E-state index in [4.69, 9.17) is 28.4 Å². The van der Waals surface area contributed by atoms with Crippen LogP contribution in [-0.4, -0.2) is 88.6 Å². The van der Waals surface area contributed by atoms with Crippen LogP contribution in [0.2, 0.25) is 0 Å². The van der Waals surface area contributed by atoms with E-state index in [1.54, 1.807) is 0 Å². The number of nitrogens with zero attached hydrogens (tertiary/aromatic N) is 1. The number of rotatable bonds is 44. The molecular weight excluding hydrogens is 747 g/mol. The fourth-order valence-electron chi connectivity index (χ4n) is 6.55. The van der Waals surface area contributed by atoms with Crippen molar-refractivity contribution in [2.75, 3.05) is 59.3 Å². The topological polar surface area (TPSA) is 110 Å². The van der Waals surface area contributed by atoms with Gasteiger partial charge in [0.25, 0.3) is 0 Å². The molecule has 0 radical (unpaired) electrons. The number of carbonyl (C=O) groups excluding carboxylic acids is 3. The molecule has 350 valence electrons. The molecule has 0 saturated carbocycles. The van der Waals surface area contributed by atoms with E-state index in [1.165, 1.54) is 83.5 Å². The van der Waals surface area contributed by atoms with Crippen molar-refractivity contribution in [3.05, 3.63) is 12.2 Å². The van der Waals surface area contributed by atoms with Crippen LogP contribution in [0.15, 0.2) is 12.2 Å². The Morgan fingerprint density at radius 2 is 0.915 bits per heavy atom. The summed E-state index contributed by atoms with van der Waals surface area (Å²) in [5.41, 5.74) is 0. The van der Waals surface area contributed by atoms with Crippen LogP contribution < -0.4 is 0 Å². The van der Waals surface area contributed by atoms with Crippen LogP contribution in [0.4, 0.5) is 4.79 Å². The van der Waals surface area contributed by atoms with Gasteiger partial charge in [-0.25, -0.2) is 4.79 Å². The molecular formula is C49H95NO9. The molecule has 0 aliphatic rings. The minimum Gasteiger partial charge on any atom is -0.465 e. The Morgan fingerprint density at radius 3 is 1.44 bits per heavy atom. The lowest BCUT2D eigenvalue weighted by Gasteiger charge is -2.20. The fourth-order valence-corrected chi connectivity index (χ4v) is 6.55. The predicted molar refractivity (Wildman–Crippen MR) is 244 cm³/mol. The standard InChI is InChI=1S/C48H91NO9.CH4/c1-6-11-14-17-19-20-21-22-23-24-25-26-27-28-30-34-45(50)56-41-44(43-58-48(52)55-40-33-37-49(9-4)10-5)42-57-46(51)35-36-47(53-38-31-16-13-8-3)54-39-32-29-18-15-12-7-2;/h22-23,44,47H,6-21,24-43H2,1-5H3;1H4/b23-22-;. The Balaban J connectivity index is 0. The summed E-state index contributed by atoms with van der Waals surface area (Å²) in [6.45, 7) is 14.9. The molecule has 0 amide bonds. The van der Waals surface area contributed by atoms with Crippen molar-refractivity contribution in [2.45, 2.75) is 222 Å². The number of hydrogen-bond donors (Lipinski definition) is 0. The van der Waals surface area contributed by atoms with Crippen molar-refractivity contribution in [3.63, 3.8) is 0 Å². The SMILES string of the molecule is C.CCCCCCCC/C=C\CCCCCCCC(=O)OCC(COC(=O)CCC(OCCCCCC)OCCCCCCCC)COC(=O)OCCCN(CC)CC. The summed E-state index contributed by atoms with van der Waals surface area (Å²) in [5.74, 6) is -1.21. The van der Waals surface area contributed by atoms with Gasteiger partial charge in [0.1, 0.15) is 19.8 Å². The van der Waals surface area contributed by atoms with Gasteiger partial charge >= 0.3 is 18.1 Å². The average Bonchev–Trinajstić information content (AvgIpc) is 3.23. The summed E-state index contributed by atoms with van der Waals surface area (Å²) in [7, 11) is 0. The monoisotopic (exact) mass is 842 g/mol. The lowest BCUT2D eigenvalue weighted by molar-refractivity contribution is -0.161. The van der Waals surface area contributed by atoms with Crippen LogP contribution in [0.3, 0.4) is 0 Å². The van der Waals surface area contributed by atoms with E-state index < -0.39 is 24.3 Å². The zero-order chi connectivity index (χ0) is 42.6. The van der Waals surface area contributed by atoms with Crippen molar-refractivity contribution >= 4 is 18.1 Å². The quantitative estimate of drug-likeness (QED) is 0.0193. The Hall–Kier alpha value is -2.17. The van der Waals surface area contributed by atoms with E-state index in [1.807, 2.05) is 0 Å². The van der Waals surface area contributed by atoms with Crippen LogP contribution in [0.5, 0.6) is 0 Å². The van der Waals surface area contributed by atoms with Crippen LogP contribution in [-0.2, 0) is 38.0 Å². The van der Waals surface area contributed by atoms with E-state index in [-0.39, 0.29) is 46.2 Å². The van der Waals surface area contributed by atoms with Crippen molar-refractivity contribution in [1.29, 1.82) is 0 Å². The summed E-state index contributed by atoms with van der Waals surface area (Å²) >= 11 is 0. The molecule has 10 heteroatoms. The molecule has 0 saturated heterocycles. The first-order chi connectivity index (χ1) is 28.4. The summed E-state index contributed by atoms with van der Waals surface area (Å²) in [5, 5.41) is 0. The predicted octanol–water partition coefficient (Wildman–Crippen LogP) is 13.3. The van der Waals surface area contributed by atoms with Gasteiger partial charge in [0.05, 0.1) is 18.9 Å². The maximum atomic E-state index is 12.9. The summed E-state index contributed by atoms with van der Waals surface area (Å²) in [4.78, 5) is 40.1. The van der Waals surface area contributed by atoms with Gasteiger partial charge in [-0.2, -0.15) is 0 Å². The zero-order valence-corrected chi connectivity index (χ0v) is 38.4. The fraction of sp³-hybridized carbons (Fsp3) is 0.898. The maximum absolute atomic E-state index is 12.9. The number of ether oxygens (including phenoxy) is 6. The third-order valence-electron chi connectivity index (χ3n) is 10.5. The van der Waals surface area contributed by atoms with E-state index in [0.29, 0.717) is 32.5 Å². The Labute approximate surface area is 363 Å². The molecule has 0 N–H and O–H groups in total. The van der Waals surface area contributed by atoms with Gasteiger partial charge in [-0.15, -0.1) is 0 Å². The normalized spacial score (nSPS) is 12.4. The van der Waals surface area contributed by atoms with Gasteiger partial charge in [0.2, 0.25) is 0 Å². The molecule has 0 heterocycles. The lowest BCUT2D eigenvalue weighted by atomic mass is 10.1. The lowest BCUT2D eigenvalue weighted by Crippen LogP contribution is -2.28. The van der Waals surface area contributed by atoms with E-state index in [0.717, 1.165) is 83.8 Å². The molecule has 0 aromatic heterocycles. The second-order valence-electron chi connectivity index (χ2n) is 15.9. The van der Waals surface area contributed by atoms with Crippen LogP contribution >= 0.6 is 0 Å². The summed E-state index contributed by atoms with van der Waals surface area (Å²) in [6, 6.07) is 0. The Morgan fingerprint density at radius 1 is 0.475 bits per heavy atom. The van der Waals surface area contributed by atoms with Gasteiger partial charge in [-0.1, -0.05) is 157 Å². The molecule has 2 unspecified atom stereocenters. The smallest absolute Gasteiger partial charge is 0.465 e. The molecule has 10 nitrogen and oxygen atoms in total. The second-order valence-corrected chi connectivity index (χ2v) is 15.9. The molecule has 0 aromatic carbocycles. The molecule has 59 heavy (non-hydrogen) atoms. The zero-order valence-electron chi connectivity index (χ0n) is 38.4. The van der Waals surface area contributed by atoms with Crippen molar-refractivity contribution in [1.82, 2.24) is 4.90 Å². The highest BCUT2D eigenvalue weighted by atomic mass is 16.7. The number of allylic oxidation sites excluding steroid dienone is 2. The molecule has 0 aliphatic heterocycles. The van der Waals surface area contributed by atoms with E-state index in [2.05, 4.69) is 51.7 Å². The first-order valence-corrected chi connectivity index (χ1v) is 24.1. The van der Waals surface area contributed by atoms with E-state index in [9.17, 15) is 14.4 Å². The Bertz CT molecular complexity index is 942. The minimum absolute atomic E-state index is 0. The summed E-state index contributed by atoms with van der Waals surface area (Å²) < 4.78 is 33.9. The number of hydrogen-bond acceptors (Lipinski definition) is 10. The highest BCUT2D eigenvalue weighted by Gasteiger charge is 2.20. The Kier molecular flexibility index (Phi) is 46.8. The van der Waals surface area contributed by atoms with Gasteiger partial charge in [-0.3, -0.25) is 9.59 Å². The minimum atomic E-state index is -0.781. The first kappa shape index (κ1) is 58.9. The maximum Gasteiger partial charge on any atom is 0.508 e. The van der Waals surface area contributed by atoms with E-state index >= 15 is 0 Å². The van der Waals surface area contributed by atoms with Crippen molar-refractivity contribution in [3.8, 4) is 0 Å². The molecule has 0 aromatic rings. The van der Waals surface area contributed by atoms with Crippen LogP contribution in [0.1, 0.15) is 215 Å². The largest absolute Gasteiger partial charge is 0.508 e. The highest BCUT2D eigenvalue weighted by Crippen LogP contribution is 2.14. The van der Waals surface area contributed by atoms with Crippen molar-refractivity contribution < 1.29 is 42.8 Å². The number of esters is 2. The molecule has 0 rings (SSSR count). The molecule has 0 fully saturated rings. The molecule has 0 spiro atoms. The van der Waals surface area contributed by atoms with Gasteiger partial charge in [0.15, 0.2) is 6.29 Å². The van der Waals surface area contributed by atoms with Crippen LogP contribution in [0, 0.1) is 5.92 Å². The third kappa shape index (κ3) is 42.3. The van der Waals surface area contributed by atoms with Gasteiger partial charge in [0, 0.05) is 32.6 Å².